The fraction of sp³-hybridized carbons (Fsp3) is 0.208. The first kappa shape index (κ1) is 19.8. The minimum Gasteiger partial charge on any atom is -0.395 e. The lowest BCUT2D eigenvalue weighted by Crippen LogP contribution is -2.28. The molecule has 3 aromatic carbocycles. The van der Waals surface area contributed by atoms with Gasteiger partial charge in [-0.25, -0.2) is 0 Å². The molecule has 3 rings (SSSR count). The molecular formula is C24H26N2O2. The van der Waals surface area contributed by atoms with Crippen molar-refractivity contribution in [1.82, 2.24) is 4.90 Å². The number of aliphatic hydroxyl groups is 1. The maximum absolute atomic E-state index is 12.4. The molecular weight excluding hydrogens is 348 g/mol. The van der Waals surface area contributed by atoms with Gasteiger partial charge in [0.2, 0.25) is 0 Å². The lowest BCUT2D eigenvalue weighted by atomic mass is 10.1. The van der Waals surface area contributed by atoms with E-state index in [0.29, 0.717) is 12.1 Å². The van der Waals surface area contributed by atoms with Crippen LogP contribution in [-0.2, 0) is 13.0 Å². The summed E-state index contributed by atoms with van der Waals surface area (Å²) in [6.45, 7) is 2.38. The van der Waals surface area contributed by atoms with E-state index in [4.69, 9.17) is 0 Å². The van der Waals surface area contributed by atoms with Gasteiger partial charge < -0.3 is 10.4 Å². The van der Waals surface area contributed by atoms with Crippen LogP contribution in [0.5, 0.6) is 0 Å². The zero-order valence-electron chi connectivity index (χ0n) is 15.9. The van der Waals surface area contributed by atoms with Gasteiger partial charge in [0.05, 0.1) is 6.61 Å². The van der Waals surface area contributed by atoms with Crippen LogP contribution < -0.4 is 5.32 Å². The molecule has 0 aliphatic rings. The van der Waals surface area contributed by atoms with Gasteiger partial charge in [-0.3, -0.25) is 9.69 Å². The Kier molecular flexibility index (Phi) is 7.36. The van der Waals surface area contributed by atoms with Crippen LogP contribution in [0.15, 0.2) is 84.9 Å². The highest BCUT2D eigenvalue weighted by Crippen LogP contribution is 2.12. The van der Waals surface area contributed by atoms with E-state index in [-0.39, 0.29) is 12.5 Å². The predicted molar refractivity (Wildman–Crippen MR) is 113 cm³/mol. The van der Waals surface area contributed by atoms with Crippen LogP contribution in [0.25, 0.3) is 0 Å². The fourth-order valence-electron chi connectivity index (χ4n) is 3.09. The van der Waals surface area contributed by atoms with Crippen LogP contribution >= 0.6 is 0 Å². The smallest absolute Gasteiger partial charge is 0.255 e. The summed E-state index contributed by atoms with van der Waals surface area (Å²) in [7, 11) is 0. The van der Waals surface area contributed by atoms with Gasteiger partial charge in [-0.1, -0.05) is 60.7 Å². The first-order valence-electron chi connectivity index (χ1n) is 9.57. The maximum atomic E-state index is 12.4. The summed E-state index contributed by atoms with van der Waals surface area (Å²) in [6.07, 6.45) is 0.943. The second-order valence-electron chi connectivity index (χ2n) is 6.75. The number of rotatable bonds is 9. The molecule has 4 nitrogen and oxygen atoms in total. The summed E-state index contributed by atoms with van der Waals surface area (Å²) in [5.74, 6) is -0.117. The number of benzene rings is 3. The molecule has 144 valence electrons. The van der Waals surface area contributed by atoms with Crippen LogP contribution in [0.2, 0.25) is 0 Å². The standard InChI is InChI=1S/C24H26N2O2/c27-18-17-26(16-15-20-7-3-1-4-8-20)19-21-11-13-22(14-12-21)24(28)25-23-9-5-2-6-10-23/h1-14,27H,15-19H2,(H,25,28). The average Bonchev–Trinajstić information content (AvgIpc) is 2.74. The first-order valence-corrected chi connectivity index (χ1v) is 9.57. The molecule has 0 aromatic heterocycles. The Hall–Kier alpha value is -2.95. The van der Waals surface area contributed by atoms with E-state index >= 15 is 0 Å². The number of nitrogens with one attached hydrogen (secondary N) is 1. The molecule has 3 aromatic rings. The van der Waals surface area contributed by atoms with Crippen molar-refractivity contribution in [2.75, 3.05) is 25.0 Å². The van der Waals surface area contributed by atoms with E-state index in [1.165, 1.54) is 5.56 Å². The highest BCUT2D eigenvalue weighted by molar-refractivity contribution is 6.04. The van der Waals surface area contributed by atoms with E-state index in [2.05, 4.69) is 22.3 Å². The molecule has 0 spiro atoms. The maximum Gasteiger partial charge on any atom is 0.255 e. The molecule has 0 aliphatic carbocycles. The number of carbonyl (C=O) groups is 1. The minimum absolute atomic E-state index is 0.117. The van der Waals surface area contributed by atoms with Crippen LogP contribution in [-0.4, -0.2) is 35.6 Å². The van der Waals surface area contributed by atoms with Crippen molar-refractivity contribution in [3.8, 4) is 0 Å². The number of aliphatic hydroxyl groups excluding tert-OH is 1. The van der Waals surface area contributed by atoms with E-state index in [1.54, 1.807) is 0 Å². The number of nitrogens with zero attached hydrogens (tertiary/aromatic N) is 1. The van der Waals surface area contributed by atoms with Crippen molar-refractivity contribution in [1.29, 1.82) is 0 Å². The summed E-state index contributed by atoms with van der Waals surface area (Å²) in [6, 6.07) is 27.4. The third-order valence-corrected chi connectivity index (χ3v) is 4.63. The molecule has 0 unspecified atom stereocenters. The van der Waals surface area contributed by atoms with Gasteiger partial charge in [0.1, 0.15) is 0 Å². The average molecular weight is 374 g/mol. The normalized spacial score (nSPS) is 10.8. The van der Waals surface area contributed by atoms with E-state index in [0.717, 1.165) is 30.8 Å². The third-order valence-electron chi connectivity index (χ3n) is 4.63. The van der Waals surface area contributed by atoms with Gasteiger partial charge >= 0.3 is 0 Å². The molecule has 1 amide bonds. The summed E-state index contributed by atoms with van der Waals surface area (Å²) in [5, 5.41) is 12.3. The summed E-state index contributed by atoms with van der Waals surface area (Å²) in [5.41, 5.74) is 3.83. The number of hydrogen-bond acceptors (Lipinski definition) is 3. The number of carbonyl (C=O) groups excluding carboxylic acids is 1. The highest BCUT2D eigenvalue weighted by atomic mass is 16.3. The van der Waals surface area contributed by atoms with Gasteiger partial charge in [-0.15, -0.1) is 0 Å². The van der Waals surface area contributed by atoms with Crippen LogP contribution in [0.4, 0.5) is 5.69 Å². The van der Waals surface area contributed by atoms with E-state index < -0.39 is 0 Å². The van der Waals surface area contributed by atoms with Crippen LogP contribution in [0.1, 0.15) is 21.5 Å². The van der Waals surface area contributed by atoms with Gasteiger partial charge in [0.15, 0.2) is 0 Å². The van der Waals surface area contributed by atoms with Gasteiger partial charge in [0.25, 0.3) is 5.91 Å². The molecule has 0 heterocycles. The predicted octanol–water partition coefficient (Wildman–Crippen LogP) is 3.98. The monoisotopic (exact) mass is 374 g/mol. The number of anilines is 1. The van der Waals surface area contributed by atoms with Gasteiger partial charge in [-0.2, -0.15) is 0 Å². The van der Waals surface area contributed by atoms with Gasteiger partial charge in [-0.05, 0) is 41.8 Å². The molecule has 0 fully saturated rings. The van der Waals surface area contributed by atoms with Crippen molar-refractivity contribution in [3.63, 3.8) is 0 Å². The number of amides is 1. The molecule has 0 saturated carbocycles. The summed E-state index contributed by atoms with van der Waals surface area (Å²) >= 11 is 0. The molecule has 0 bridgehead atoms. The minimum atomic E-state index is -0.117. The SMILES string of the molecule is O=C(Nc1ccccc1)c1ccc(CN(CCO)CCc2ccccc2)cc1. The Morgan fingerprint density at radius 2 is 1.43 bits per heavy atom. The molecule has 0 saturated heterocycles. The lowest BCUT2D eigenvalue weighted by Gasteiger charge is -2.21. The van der Waals surface area contributed by atoms with Crippen molar-refractivity contribution < 1.29 is 9.90 Å². The fourth-order valence-corrected chi connectivity index (χ4v) is 3.09. The Balaban J connectivity index is 1.57. The lowest BCUT2D eigenvalue weighted by molar-refractivity contribution is 0.102. The quantitative estimate of drug-likeness (QED) is 0.596. The van der Waals surface area contributed by atoms with Crippen molar-refractivity contribution >= 4 is 11.6 Å². The molecule has 0 radical (unpaired) electrons. The molecule has 28 heavy (non-hydrogen) atoms. The van der Waals surface area contributed by atoms with Crippen molar-refractivity contribution in [3.05, 3.63) is 102 Å². The molecule has 4 heteroatoms. The molecule has 2 N–H and O–H groups in total. The number of hydrogen-bond donors (Lipinski definition) is 2. The Morgan fingerprint density at radius 1 is 0.786 bits per heavy atom. The Bertz CT molecular complexity index is 849. The van der Waals surface area contributed by atoms with E-state index in [9.17, 15) is 9.90 Å². The van der Waals surface area contributed by atoms with Crippen molar-refractivity contribution in [2.24, 2.45) is 0 Å². The van der Waals surface area contributed by atoms with E-state index in [1.807, 2.05) is 72.8 Å². The third kappa shape index (κ3) is 6.05. The van der Waals surface area contributed by atoms with Crippen LogP contribution in [0, 0.1) is 0 Å². The second-order valence-corrected chi connectivity index (χ2v) is 6.75. The number of para-hydroxylation sites is 1. The largest absolute Gasteiger partial charge is 0.395 e. The summed E-state index contributed by atoms with van der Waals surface area (Å²) < 4.78 is 0. The Labute approximate surface area is 166 Å². The highest BCUT2D eigenvalue weighted by Gasteiger charge is 2.09. The second kappa shape index (κ2) is 10.4. The van der Waals surface area contributed by atoms with Crippen LogP contribution in [0.3, 0.4) is 0 Å². The topological polar surface area (TPSA) is 52.6 Å². The zero-order chi connectivity index (χ0) is 19.6. The zero-order valence-corrected chi connectivity index (χ0v) is 15.9. The van der Waals surface area contributed by atoms with Gasteiger partial charge in [0, 0.05) is 30.9 Å². The Morgan fingerprint density at radius 3 is 2.07 bits per heavy atom. The van der Waals surface area contributed by atoms with Crippen molar-refractivity contribution in [2.45, 2.75) is 13.0 Å². The molecule has 0 atom stereocenters. The first-order chi connectivity index (χ1) is 13.7. The molecule has 0 aliphatic heterocycles. The summed E-state index contributed by atoms with van der Waals surface area (Å²) in [4.78, 5) is 14.6.